The van der Waals surface area contributed by atoms with Gasteiger partial charge in [-0.25, -0.2) is 13.2 Å². The van der Waals surface area contributed by atoms with Crippen molar-refractivity contribution in [3.8, 4) is 5.75 Å². The zero-order valence-corrected chi connectivity index (χ0v) is 20.1. The Morgan fingerprint density at radius 3 is 2.69 bits per heavy atom. The molecule has 0 spiro atoms. The molecule has 2 heterocycles. The summed E-state index contributed by atoms with van der Waals surface area (Å²) in [6, 6.07) is 4.73. The van der Waals surface area contributed by atoms with Gasteiger partial charge in [-0.1, -0.05) is 19.4 Å². The van der Waals surface area contributed by atoms with Crippen LogP contribution in [-0.4, -0.2) is 58.7 Å². The molecule has 35 heavy (non-hydrogen) atoms. The second kappa shape index (κ2) is 8.80. The molecule has 1 amide bonds. The van der Waals surface area contributed by atoms with E-state index in [1.807, 2.05) is 0 Å². The number of hydrogen-bond acceptors (Lipinski definition) is 6. The zero-order chi connectivity index (χ0) is 24.8. The van der Waals surface area contributed by atoms with Crippen LogP contribution in [0.5, 0.6) is 5.75 Å². The van der Waals surface area contributed by atoms with Gasteiger partial charge in [-0.15, -0.1) is 10.2 Å². The number of benzene rings is 1. The van der Waals surface area contributed by atoms with Crippen molar-refractivity contribution in [2.45, 2.75) is 75.2 Å². The second-order valence-electron chi connectivity index (χ2n) is 10.7. The first-order valence-corrected chi connectivity index (χ1v) is 12.3. The number of nitrogens with zero attached hydrogens (tertiary/aromatic N) is 3. The summed E-state index contributed by atoms with van der Waals surface area (Å²) in [5, 5.41) is 11.4. The number of carbonyl (C=O) groups is 1. The van der Waals surface area contributed by atoms with Crippen molar-refractivity contribution in [1.29, 1.82) is 0 Å². The first-order valence-electron chi connectivity index (χ1n) is 12.3. The number of aromatic nitrogens is 2. The molecule has 7 nitrogen and oxygen atoms in total. The fourth-order valence-electron chi connectivity index (χ4n) is 5.68. The molecule has 2 bridgehead atoms. The first-order chi connectivity index (χ1) is 16.6. The molecule has 1 aromatic heterocycles. The fourth-order valence-corrected chi connectivity index (χ4v) is 5.68. The van der Waals surface area contributed by atoms with Crippen molar-refractivity contribution in [2.75, 3.05) is 26.2 Å². The molecule has 1 aromatic carbocycles. The van der Waals surface area contributed by atoms with Crippen LogP contribution in [-0.2, 0) is 16.6 Å². The Labute approximate surface area is 202 Å². The van der Waals surface area contributed by atoms with Gasteiger partial charge >= 0.3 is 0 Å². The molecule has 6 rings (SSSR count). The summed E-state index contributed by atoms with van der Waals surface area (Å²) in [4.78, 5) is 14.1. The third kappa shape index (κ3) is 4.90. The second-order valence-corrected chi connectivity index (χ2v) is 10.7. The fraction of sp³-hybridized carbons (Fsp3) is 0.640. The average Bonchev–Trinajstić information content (AvgIpc) is 3.18. The van der Waals surface area contributed by atoms with E-state index in [2.05, 4.69) is 22.4 Å². The maximum atomic E-state index is 14.2. The van der Waals surface area contributed by atoms with Crippen LogP contribution in [0.15, 0.2) is 22.6 Å². The van der Waals surface area contributed by atoms with Gasteiger partial charge in [-0.2, -0.15) is 0 Å². The number of halogens is 3. The van der Waals surface area contributed by atoms with Gasteiger partial charge in [0.15, 0.2) is 6.61 Å². The lowest BCUT2D eigenvalue weighted by atomic mass is 9.39. The predicted molar refractivity (Wildman–Crippen MR) is 121 cm³/mol. The zero-order valence-electron chi connectivity index (χ0n) is 20.1. The Bertz CT molecular complexity index is 1070. The Balaban J connectivity index is 1.06. The highest BCUT2D eigenvalue weighted by molar-refractivity contribution is 5.79. The van der Waals surface area contributed by atoms with Gasteiger partial charge in [0.05, 0.1) is 17.9 Å². The van der Waals surface area contributed by atoms with Crippen LogP contribution < -0.4 is 10.1 Å². The van der Waals surface area contributed by atoms with Crippen molar-refractivity contribution < 1.29 is 27.1 Å². The first kappa shape index (κ1) is 24.1. The Hall–Kier alpha value is -2.62. The van der Waals surface area contributed by atoms with E-state index in [4.69, 9.17) is 9.15 Å². The molecule has 4 aliphatic rings. The Kier molecular flexibility index (Phi) is 6.05. The molecule has 0 radical (unpaired) electrons. The lowest BCUT2D eigenvalue weighted by Gasteiger charge is -2.68. The van der Waals surface area contributed by atoms with Crippen molar-refractivity contribution in [1.82, 2.24) is 20.4 Å². The van der Waals surface area contributed by atoms with Gasteiger partial charge in [0.25, 0.3) is 11.8 Å². The molecule has 190 valence electrons. The highest BCUT2D eigenvalue weighted by Gasteiger charge is 2.71. The van der Waals surface area contributed by atoms with Crippen LogP contribution in [0.3, 0.4) is 0 Å². The molecule has 1 saturated heterocycles. The van der Waals surface area contributed by atoms with Crippen LogP contribution in [0.1, 0.15) is 69.2 Å². The molecule has 2 aromatic rings. The van der Waals surface area contributed by atoms with E-state index >= 15 is 0 Å². The van der Waals surface area contributed by atoms with Gasteiger partial charge in [0.2, 0.25) is 11.8 Å². The molecule has 3 saturated carbocycles. The highest BCUT2D eigenvalue weighted by atomic mass is 19.3. The summed E-state index contributed by atoms with van der Waals surface area (Å²) in [5.74, 6) is -1.88. The van der Waals surface area contributed by atoms with Crippen molar-refractivity contribution in [2.24, 2.45) is 0 Å². The highest BCUT2D eigenvalue weighted by Crippen LogP contribution is 2.67. The largest absolute Gasteiger partial charge is 0.484 e. The summed E-state index contributed by atoms with van der Waals surface area (Å²) in [6.07, 6.45) is 4.75. The topological polar surface area (TPSA) is 80.5 Å². The SMILES string of the molecule is CCCCc1ccc(OCC(=O)NC23CC(c4nnc(C5CN(CC(C)(F)F)C5)o4)(C2)C3)cc1F. The van der Waals surface area contributed by atoms with Crippen LogP contribution in [0, 0.1) is 5.82 Å². The Morgan fingerprint density at radius 1 is 1.29 bits per heavy atom. The molecule has 4 fully saturated rings. The number of amides is 1. The minimum absolute atomic E-state index is 0.0118. The number of unbranched alkanes of at least 4 members (excludes halogenated alkanes) is 1. The van der Waals surface area contributed by atoms with Gasteiger partial charge < -0.3 is 14.5 Å². The third-order valence-corrected chi connectivity index (χ3v) is 7.33. The van der Waals surface area contributed by atoms with Gasteiger partial charge in [-0.05, 0) is 43.7 Å². The number of ether oxygens (including phenoxy) is 1. The Morgan fingerprint density at radius 2 is 2.03 bits per heavy atom. The van der Waals surface area contributed by atoms with E-state index in [1.54, 1.807) is 17.0 Å². The number of alkyl halides is 2. The normalized spacial score (nSPS) is 26.0. The number of hydrogen-bond donors (Lipinski definition) is 1. The van der Waals surface area contributed by atoms with Gasteiger partial charge in [-0.3, -0.25) is 9.69 Å². The lowest BCUT2D eigenvalue weighted by molar-refractivity contribution is -0.143. The minimum atomic E-state index is -2.71. The van der Waals surface area contributed by atoms with E-state index < -0.39 is 5.92 Å². The van der Waals surface area contributed by atoms with Crippen LogP contribution in [0.25, 0.3) is 0 Å². The average molecular weight is 493 g/mol. The maximum Gasteiger partial charge on any atom is 0.258 e. The summed E-state index contributed by atoms with van der Waals surface area (Å²) in [7, 11) is 0. The molecule has 0 unspecified atom stereocenters. The van der Waals surface area contributed by atoms with Gasteiger partial charge in [0, 0.05) is 31.6 Å². The monoisotopic (exact) mass is 492 g/mol. The van der Waals surface area contributed by atoms with Crippen LogP contribution >= 0.6 is 0 Å². The van der Waals surface area contributed by atoms with Crippen molar-refractivity contribution in [3.63, 3.8) is 0 Å². The van der Waals surface area contributed by atoms with Crippen molar-refractivity contribution in [3.05, 3.63) is 41.4 Å². The van der Waals surface area contributed by atoms with E-state index in [1.165, 1.54) is 6.07 Å². The van der Waals surface area contributed by atoms with E-state index in [0.29, 0.717) is 61.9 Å². The number of rotatable bonds is 11. The molecule has 0 atom stereocenters. The molecule has 3 aliphatic carbocycles. The summed E-state index contributed by atoms with van der Waals surface area (Å²) >= 11 is 0. The van der Waals surface area contributed by atoms with Gasteiger partial charge in [0.1, 0.15) is 11.6 Å². The van der Waals surface area contributed by atoms with Crippen molar-refractivity contribution >= 4 is 5.91 Å². The molecular weight excluding hydrogens is 461 g/mol. The number of carbonyl (C=O) groups excluding carboxylic acids is 1. The summed E-state index contributed by atoms with van der Waals surface area (Å²) < 4.78 is 51.8. The summed E-state index contributed by atoms with van der Waals surface area (Å²) in [6.45, 7) is 3.51. The third-order valence-electron chi connectivity index (χ3n) is 7.33. The predicted octanol–water partition coefficient (Wildman–Crippen LogP) is 3.98. The van der Waals surface area contributed by atoms with E-state index in [0.717, 1.165) is 19.8 Å². The van der Waals surface area contributed by atoms with Crippen LogP contribution in [0.4, 0.5) is 13.2 Å². The molecule has 1 aliphatic heterocycles. The minimum Gasteiger partial charge on any atom is -0.484 e. The molecular formula is C25H31F3N4O3. The van der Waals surface area contributed by atoms with Crippen LogP contribution in [0.2, 0.25) is 0 Å². The molecule has 10 heteroatoms. The van der Waals surface area contributed by atoms with E-state index in [-0.39, 0.29) is 41.7 Å². The number of likely N-dealkylation sites (tertiary alicyclic amines) is 1. The van der Waals surface area contributed by atoms with E-state index in [9.17, 15) is 18.0 Å². The standard InChI is InChI=1S/C25H31F3N4O3/c1-3-4-5-16-6-7-18(8-19(16)26)34-11-20(33)29-25-12-24(13-25,14-25)22-31-30-21(35-22)17-9-32(10-17)15-23(2,27)28/h6-8,17H,3-5,9-15H2,1-2H3,(H,29,33). The maximum absolute atomic E-state index is 14.2. The smallest absolute Gasteiger partial charge is 0.258 e. The number of aryl methyl sites for hydroxylation is 1. The molecule has 1 N–H and O–H groups in total. The number of nitrogens with one attached hydrogen (secondary N) is 1. The quantitative estimate of drug-likeness (QED) is 0.511. The lowest BCUT2D eigenvalue weighted by Crippen LogP contribution is -2.77. The summed E-state index contributed by atoms with van der Waals surface area (Å²) in [5.41, 5.74) is 0.158.